The van der Waals surface area contributed by atoms with Crippen molar-refractivity contribution in [2.24, 2.45) is 0 Å². The van der Waals surface area contributed by atoms with Gasteiger partial charge in [-0.1, -0.05) is 0 Å². The topological polar surface area (TPSA) is 43.4 Å². The average Bonchev–Trinajstić information content (AvgIpc) is 2.83. The predicted molar refractivity (Wildman–Crippen MR) is 63.4 cm³/mol. The molecule has 0 bridgehead atoms. The highest BCUT2D eigenvalue weighted by Gasteiger charge is 2.13. The largest absolute Gasteiger partial charge is 0.353 e. The van der Waals surface area contributed by atoms with E-state index < -0.39 is 0 Å². The Balaban J connectivity index is 1.48. The molecule has 1 aliphatic rings. The van der Waals surface area contributed by atoms with E-state index in [1.807, 2.05) is 5.51 Å². The van der Waals surface area contributed by atoms with Gasteiger partial charge in [0.2, 0.25) is 0 Å². The molecule has 1 aliphatic heterocycles. The summed E-state index contributed by atoms with van der Waals surface area (Å²) in [6, 6.07) is 0. The molecule has 90 valence electrons. The fourth-order valence-electron chi connectivity index (χ4n) is 1.65. The molecule has 0 radical (unpaired) electrons. The van der Waals surface area contributed by atoms with Gasteiger partial charge in [-0.15, -0.1) is 11.3 Å². The standard InChI is InChI=1S/C11H18N2O2S/c1-2-5-14-11(3-1)15-6-4-12-7-10-8-16-9-13-10/h8-9,11-12H,1-7H2. The Bertz CT molecular complexity index is 274. The van der Waals surface area contributed by atoms with Gasteiger partial charge in [-0.25, -0.2) is 4.98 Å². The van der Waals surface area contributed by atoms with Crippen molar-refractivity contribution >= 4 is 11.3 Å². The molecule has 1 N–H and O–H groups in total. The summed E-state index contributed by atoms with van der Waals surface area (Å²) in [4.78, 5) is 4.19. The number of nitrogens with one attached hydrogen (secondary N) is 1. The first-order valence-electron chi connectivity index (χ1n) is 5.76. The summed E-state index contributed by atoms with van der Waals surface area (Å²) in [7, 11) is 0. The molecular weight excluding hydrogens is 224 g/mol. The molecule has 16 heavy (non-hydrogen) atoms. The van der Waals surface area contributed by atoms with Gasteiger partial charge in [0.05, 0.1) is 17.8 Å². The Morgan fingerprint density at radius 3 is 3.31 bits per heavy atom. The zero-order valence-electron chi connectivity index (χ0n) is 9.35. The highest BCUT2D eigenvalue weighted by Crippen LogP contribution is 2.13. The van der Waals surface area contributed by atoms with E-state index in [4.69, 9.17) is 9.47 Å². The van der Waals surface area contributed by atoms with Crippen LogP contribution in [0.4, 0.5) is 0 Å². The van der Waals surface area contributed by atoms with Crippen LogP contribution < -0.4 is 5.32 Å². The van der Waals surface area contributed by atoms with Gasteiger partial charge in [0.25, 0.3) is 0 Å². The van der Waals surface area contributed by atoms with Crippen LogP contribution >= 0.6 is 11.3 Å². The Morgan fingerprint density at radius 2 is 2.56 bits per heavy atom. The monoisotopic (exact) mass is 242 g/mol. The number of ether oxygens (including phenoxy) is 2. The van der Waals surface area contributed by atoms with E-state index in [1.54, 1.807) is 11.3 Å². The maximum absolute atomic E-state index is 5.60. The zero-order valence-corrected chi connectivity index (χ0v) is 10.2. The van der Waals surface area contributed by atoms with Crippen LogP contribution in [0.5, 0.6) is 0 Å². The van der Waals surface area contributed by atoms with Crippen LogP contribution in [0.3, 0.4) is 0 Å². The van der Waals surface area contributed by atoms with Gasteiger partial charge in [-0.3, -0.25) is 0 Å². The van der Waals surface area contributed by atoms with Crippen LogP contribution in [0.2, 0.25) is 0 Å². The number of rotatable bonds is 6. The molecule has 1 saturated heterocycles. The van der Waals surface area contributed by atoms with Crippen molar-refractivity contribution in [3.8, 4) is 0 Å². The molecule has 1 aromatic rings. The third-order valence-electron chi connectivity index (χ3n) is 2.51. The van der Waals surface area contributed by atoms with Crippen LogP contribution in [0.1, 0.15) is 25.0 Å². The second kappa shape index (κ2) is 6.96. The Labute approximate surface area is 100.0 Å². The molecule has 0 saturated carbocycles. The number of hydrogen-bond acceptors (Lipinski definition) is 5. The number of hydrogen-bond donors (Lipinski definition) is 1. The lowest BCUT2D eigenvalue weighted by atomic mass is 10.2. The molecular formula is C11H18N2O2S. The third kappa shape index (κ3) is 4.17. The molecule has 0 aliphatic carbocycles. The molecule has 0 amide bonds. The highest BCUT2D eigenvalue weighted by atomic mass is 32.1. The number of aromatic nitrogens is 1. The average molecular weight is 242 g/mol. The van der Waals surface area contributed by atoms with Gasteiger partial charge in [0, 0.05) is 25.1 Å². The molecule has 1 aromatic heterocycles. The minimum absolute atomic E-state index is 0.0230. The van der Waals surface area contributed by atoms with E-state index in [1.165, 1.54) is 12.8 Å². The van der Waals surface area contributed by atoms with Crippen molar-refractivity contribution in [3.05, 3.63) is 16.6 Å². The summed E-state index contributed by atoms with van der Waals surface area (Å²) in [6.45, 7) is 3.21. The molecule has 1 fully saturated rings. The predicted octanol–water partition coefficient (Wildman–Crippen LogP) is 1.78. The maximum Gasteiger partial charge on any atom is 0.157 e. The first kappa shape index (κ1) is 12.0. The zero-order chi connectivity index (χ0) is 11.1. The van der Waals surface area contributed by atoms with E-state index in [0.29, 0.717) is 6.61 Å². The lowest BCUT2D eigenvalue weighted by Gasteiger charge is -2.22. The maximum atomic E-state index is 5.60. The van der Waals surface area contributed by atoms with Crippen molar-refractivity contribution in [1.82, 2.24) is 10.3 Å². The van der Waals surface area contributed by atoms with E-state index in [0.717, 1.165) is 31.8 Å². The molecule has 0 aromatic carbocycles. The molecule has 0 spiro atoms. The minimum atomic E-state index is 0.0230. The van der Waals surface area contributed by atoms with Gasteiger partial charge >= 0.3 is 0 Å². The second-order valence-corrected chi connectivity index (χ2v) is 4.54. The van der Waals surface area contributed by atoms with Crippen LogP contribution in [0, 0.1) is 0 Å². The van der Waals surface area contributed by atoms with Gasteiger partial charge in [0.15, 0.2) is 6.29 Å². The first-order chi connectivity index (χ1) is 7.95. The summed E-state index contributed by atoms with van der Waals surface area (Å²) in [5, 5.41) is 5.34. The van der Waals surface area contributed by atoms with Crippen molar-refractivity contribution in [1.29, 1.82) is 0 Å². The second-order valence-electron chi connectivity index (χ2n) is 3.82. The molecule has 1 unspecified atom stereocenters. The summed E-state index contributed by atoms with van der Waals surface area (Å²) >= 11 is 1.62. The third-order valence-corrected chi connectivity index (χ3v) is 3.15. The summed E-state index contributed by atoms with van der Waals surface area (Å²) in [6.07, 6.45) is 3.44. The normalized spacial score (nSPS) is 21.1. The van der Waals surface area contributed by atoms with Crippen molar-refractivity contribution < 1.29 is 9.47 Å². The van der Waals surface area contributed by atoms with E-state index >= 15 is 0 Å². The van der Waals surface area contributed by atoms with Gasteiger partial charge in [0.1, 0.15) is 0 Å². The smallest absolute Gasteiger partial charge is 0.157 e. The van der Waals surface area contributed by atoms with Gasteiger partial charge < -0.3 is 14.8 Å². The molecule has 2 rings (SSSR count). The highest BCUT2D eigenvalue weighted by molar-refractivity contribution is 7.07. The first-order valence-corrected chi connectivity index (χ1v) is 6.70. The Kier molecular flexibility index (Phi) is 5.21. The van der Waals surface area contributed by atoms with Crippen LogP contribution in [-0.4, -0.2) is 31.0 Å². The quantitative estimate of drug-likeness (QED) is 0.772. The Morgan fingerprint density at radius 1 is 1.56 bits per heavy atom. The van der Waals surface area contributed by atoms with E-state index in [-0.39, 0.29) is 6.29 Å². The summed E-state index contributed by atoms with van der Waals surface area (Å²) < 4.78 is 11.1. The van der Waals surface area contributed by atoms with Crippen LogP contribution in [0.25, 0.3) is 0 Å². The fourth-order valence-corrected chi connectivity index (χ4v) is 2.20. The lowest BCUT2D eigenvalue weighted by molar-refractivity contribution is -0.161. The molecule has 1 atom stereocenters. The molecule has 5 heteroatoms. The summed E-state index contributed by atoms with van der Waals surface area (Å²) in [5.41, 5.74) is 2.95. The van der Waals surface area contributed by atoms with Gasteiger partial charge in [-0.05, 0) is 19.3 Å². The van der Waals surface area contributed by atoms with Crippen molar-refractivity contribution in [2.75, 3.05) is 19.8 Å². The minimum Gasteiger partial charge on any atom is -0.353 e. The van der Waals surface area contributed by atoms with Crippen LogP contribution in [0.15, 0.2) is 10.9 Å². The molecule has 2 heterocycles. The number of nitrogens with zero attached hydrogens (tertiary/aromatic N) is 1. The van der Waals surface area contributed by atoms with Crippen molar-refractivity contribution in [3.63, 3.8) is 0 Å². The van der Waals surface area contributed by atoms with Gasteiger partial charge in [-0.2, -0.15) is 0 Å². The van der Waals surface area contributed by atoms with E-state index in [2.05, 4.69) is 15.7 Å². The molecule has 4 nitrogen and oxygen atoms in total. The summed E-state index contributed by atoms with van der Waals surface area (Å²) in [5.74, 6) is 0. The fraction of sp³-hybridized carbons (Fsp3) is 0.727. The SMILES string of the molecule is c1nc(CNCCOC2CCCCO2)cs1. The Hall–Kier alpha value is -0.490. The van der Waals surface area contributed by atoms with Crippen LogP contribution in [-0.2, 0) is 16.0 Å². The van der Waals surface area contributed by atoms with E-state index in [9.17, 15) is 0 Å². The lowest BCUT2D eigenvalue weighted by Crippen LogP contribution is -2.27. The van der Waals surface area contributed by atoms with Crippen molar-refractivity contribution in [2.45, 2.75) is 32.1 Å². The number of thiazole rings is 1.